The summed E-state index contributed by atoms with van der Waals surface area (Å²) in [5.41, 5.74) is 1.15. The molecule has 0 amide bonds. The summed E-state index contributed by atoms with van der Waals surface area (Å²) in [5.74, 6) is 0.899. The van der Waals surface area contributed by atoms with Crippen molar-refractivity contribution in [2.75, 3.05) is 38.7 Å². The van der Waals surface area contributed by atoms with E-state index >= 15 is 0 Å². The molecule has 0 saturated carbocycles. The minimum absolute atomic E-state index is 0.0914. The molecule has 1 saturated heterocycles. The summed E-state index contributed by atoms with van der Waals surface area (Å²) >= 11 is 0. The number of aromatic nitrogens is 1. The minimum atomic E-state index is 0.0914. The Morgan fingerprint density at radius 1 is 1.65 bits per heavy atom. The van der Waals surface area contributed by atoms with Gasteiger partial charge in [-0.05, 0) is 6.07 Å². The third kappa shape index (κ3) is 2.94. The van der Waals surface area contributed by atoms with Crippen molar-refractivity contribution in [1.29, 1.82) is 0 Å². The van der Waals surface area contributed by atoms with E-state index in [1.807, 2.05) is 13.1 Å². The number of hydrogen-bond acceptors (Lipinski definition) is 5. The van der Waals surface area contributed by atoms with Crippen LogP contribution in [0.25, 0.3) is 0 Å². The zero-order valence-electron chi connectivity index (χ0n) is 10.1. The first-order chi connectivity index (χ1) is 8.35. The Kier molecular flexibility index (Phi) is 4.30. The summed E-state index contributed by atoms with van der Waals surface area (Å²) in [6.45, 7) is 3.11. The van der Waals surface area contributed by atoms with Gasteiger partial charge in [-0.25, -0.2) is 4.98 Å². The molecule has 1 aromatic heterocycles. The maximum Gasteiger partial charge on any atom is 0.130 e. The average molecular weight is 237 g/mol. The molecule has 0 bridgehead atoms. The molecule has 1 fully saturated rings. The van der Waals surface area contributed by atoms with Crippen molar-refractivity contribution >= 4 is 5.82 Å². The van der Waals surface area contributed by atoms with Crippen LogP contribution in [0.15, 0.2) is 18.3 Å². The molecule has 17 heavy (non-hydrogen) atoms. The van der Waals surface area contributed by atoms with Gasteiger partial charge >= 0.3 is 0 Å². The van der Waals surface area contributed by atoms with E-state index in [4.69, 9.17) is 4.74 Å². The van der Waals surface area contributed by atoms with Gasteiger partial charge in [0.15, 0.2) is 0 Å². The van der Waals surface area contributed by atoms with E-state index < -0.39 is 0 Å². The lowest BCUT2D eigenvalue weighted by Crippen LogP contribution is -2.46. The van der Waals surface area contributed by atoms with E-state index in [0.717, 1.165) is 31.1 Å². The van der Waals surface area contributed by atoms with Gasteiger partial charge in [0.25, 0.3) is 0 Å². The van der Waals surface area contributed by atoms with E-state index in [9.17, 15) is 5.11 Å². The van der Waals surface area contributed by atoms with Crippen molar-refractivity contribution < 1.29 is 9.84 Å². The number of morpholine rings is 1. The van der Waals surface area contributed by atoms with Gasteiger partial charge < -0.3 is 15.2 Å². The number of nitrogens with one attached hydrogen (secondary N) is 1. The molecule has 94 valence electrons. The molecule has 0 radical (unpaired) electrons. The highest BCUT2D eigenvalue weighted by Gasteiger charge is 2.22. The van der Waals surface area contributed by atoms with Gasteiger partial charge in [-0.15, -0.1) is 0 Å². The first kappa shape index (κ1) is 12.3. The lowest BCUT2D eigenvalue weighted by molar-refractivity contribution is -0.0312. The van der Waals surface area contributed by atoms with Crippen LogP contribution in [0.3, 0.4) is 0 Å². The zero-order valence-corrected chi connectivity index (χ0v) is 10.1. The van der Waals surface area contributed by atoms with Gasteiger partial charge in [0.2, 0.25) is 0 Å². The van der Waals surface area contributed by atoms with E-state index in [2.05, 4.69) is 21.3 Å². The molecular formula is C12H19N3O2. The standard InChI is InChI=1S/C12H19N3O2/c1-13-12-10(3-2-4-14-12)7-15-5-6-17-9-11(15)8-16/h2-4,11,16H,5-9H2,1H3,(H,13,14). The predicted molar refractivity (Wildman–Crippen MR) is 65.9 cm³/mol. The number of rotatable bonds is 4. The number of anilines is 1. The lowest BCUT2D eigenvalue weighted by Gasteiger charge is -2.34. The Hall–Kier alpha value is -1.17. The average Bonchev–Trinajstić information content (AvgIpc) is 2.40. The van der Waals surface area contributed by atoms with Crippen molar-refractivity contribution in [2.45, 2.75) is 12.6 Å². The third-order valence-electron chi connectivity index (χ3n) is 3.06. The topological polar surface area (TPSA) is 57.6 Å². The maximum absolute atomic E-state index is 9.31. The molecule has 5 heteroatoms. The summed E-state index contributed by atoms with van der Waals surface area (Å²) in [6, 6.07) is 4.08. The summed E-state index contributed by atoms with van der Waals surface area (Å²) in [5, 5.41) is 12.4. The number of aliphatic hydroxyl groups is 1. The Balaban J connectivity index is 2.08. The number of ether oxygens (including phenoxy) is 1. The summed E-state index contributed by atoms with van der Waals surface area (Å²) < 4.78 is 5.36. The van der Waals surface area contributed by atoms with Crippen molar-refractivity contribution in [3.63, 3.8) is 0 Å². The zero-order chi connectivity index (χ0) is 12.1. The van der Waals surface area contributed by atoms with Gasteiger partial charge in [-0.2, -0.15) is 0 Å². The highest BCUT2D eigenvalue weighted by atomic mass is 16.5. The van der Waals surface area contributed by atoms with Crippen LogP contribution in [-0.2, 0) is 11.3 Å². The second-order valence-electron chi connectivity index (χ2n) is 4.14. The second kappa shape index (κ2) is 5.95. The van der Waals surface area contributed by atoms with Crippen molar-refractivity contribution in [3.05, 3.63) is 23.9 Å². The van der Waals surface area contributed by atoms with Crippen LogP contribution in [0.4, 0.5) is 5.82 Å². The Labute approximate surface area is 101 Å². The van der Waals surface area contributed by atoms with E-state index in [0.29, 0.717) is 6.61 Å². The molecule has 0 aliphatic carbocycles. The van der Waals surface area contributed by atoms with Crippen LogP contribution >= 0.6 is 0 Å². The van der Waals surface area contributed by atoms with Gasteiger partial charge in [-0.1, -0.05) is 6.07 Å². The molecule has 1 aromatic rings. The van der Waals surface area contributed by atoms with Crippen LogP contribution < -0.4 is 5.32 Å². The number of aliphatic hydroxyl groups excluding tert-OH is 1. The number of pyridine rings is 1. The van der Waals surface area contributed by atoms with Crippen LogP contribution in [-0.4, -0.2) is 54.4 Å². The lowest BCUT2D eigenvalue weighted by atomic mass is 10.2. The van der Waals surface area contributed by atoms with E-state index in [1.165, 1.54) is 0 Å². The molecule has 1 unspecified atom stereocenters. The monoisotopic (exact) mass is 237 g/mol. The summed E-state index contributed by atoms with van der Waals surface area (Å²) in [7, 11) is 1.87. The Morgan fingerprint density at radius 3 is 3.29 bits per heavy atom. The van der Waals surface area contributed by atoms with Gasteiger partial charge in [0.05, 0.1) is 25.9 Å². The molecule has 5 nitrogen and oxygen atoms in total. The second-order valence-corrected chi connectivity index (χ2v) is 4.14. The van der Waals surface area contributed by atoms with Crippen molar-refractivity contribution in [3.8, 4) is 0 Å². The Morgan fingerprint density at radius 2 is 2.53 bits per heavy atom. The SMILES string of the molecule is CNc1ncccc1CN1CCOCC1CO. The van der Waals surface area contributed by atoms with Gasteiger partial charge in [-0.3, -0.25) is 4.90 Å². The molecule has 2 N–H and O–H groups in total. The van der Waals surface area contributed by atoms with Gasteiger partial charge in [0, 0.05) is 31.9 Å². The van der Waals surface area contributed by atoms with Crippen LogP contribution in [0, 0.1) is 0 Å². The van der Waals surface area contributed by atoms with Crippen LogP contribution in [0.1, 0.15) is 5.56 Å². The van der Waals surface area contributed by atoms with Crippen LogP contribution in [0.2, 0.25) is 0 Å². The molecule has 0 spiro atoms. The minimum Gasteiger partial charge on any atom is -0.395 e. The fourth-order valence-corrected chi connectivity index (χ4v) is 2.08. The van der Waals surface area contributed by atoms with Crippen molar-refractivity contribution in [1.82, 2.24) is 9.88 Å². The Bertz CT molecular complexity index is 359. The first-order valence-corrected chi connectivity index (χ1v) is 5.89. The highest BCUT2D eigenvalue weighted by Crippen LogP contribution is 2.16. The molecule has 1 aliphatic rings. The molecular weight excluding hydrogens is 218 g/mol. The number of nitrogens with zero attached hydrogens (tertiary/aromatic N) is 2. The van der Waals surface area contributed by atoms with Crippen molar-refractivity contribution in [2.24, 2.45) is 0 Å². The highest BCUT2D eigenvalue weighted by molar-refractivity contribution is 5.42. The summed E-state index contributed by atoms with van der Waals surface area (Å²) in [6.07, 6.45) is 1.78. The predicted octanol–water partition coefficient (Wildman–Crippen LogP) is 0.316. The van der Waals surface area contributed by atoms with E-state index in [1.54, 1.807) is 6.20 Å². The van der Waals surface area contributed by atoms with Gasteiger partial charge in [0.1, 0.15) is 5.82 Å². The third-order valence-corrected chi connectivity index (χ3v) is 3.06. The smallest absolute Gasteiger partial charge is 0.130 e. The van der Waals surface area contributed by atoms with Crippen LogP contribution in [0.5, 0.6) is 0 Å². The van der Waals surface area contributed by atoms with E-state index in [-0.39, 0.29) is 12.6 Å². The molecule has 2 heterocycles. The first-order valence-electron chi connectivity index (χ1n) is 5.89. The largest absolute Gasteiger partial charge is 0.395 e. The maximum atomic E-state index is 9.31. The quantitative estimate of drug-likeness (QED) is 0.789. The fraction of sp³-hybridized carbons (Fsp3) is 0.583. The molecule has 2 rings (SSSR count). The molecule has 1 aliphatic heterocycles. The fourth-order valence-electron chi connectivity index (χ4n) is 2.08. The normalized spacial score (nSPS) is 21.4. The molecule has 0 aromatic carbocycles. The number of hydrogen-bond donors (Lipinski definition) is 2. The summed E-state index contributed by atoms with van der Waals surface area (Å²) in [4.78, 5) is 6.52. The molecule has 1 atom stereocenters.